The Bertz CT molecular complexity index is 941. The number of hydrogen-bond acceptors (Lipinski definition) is 4. The summed E-state index contributed by atoms with van der Waals surface area (Å²) in [7, 11) is 0. The minimum absolute atomic E-state index is 0.0435. The summed E-state index contributed by atoms with van der Waals surface area (Å²) in [5, 5.41) is 3.69. The molecule has 2 aliphatic rings. The van der Waals surface area contributed by atoms with Crippen LogP contribution in [-0.4, -0.2) is 22.0 Å². The topological polar surface area (TPSA) is 64.0 Å². The second kappa shape index (κ2) is 7.97. The molecule has 5 nitrogen and oxygen atoms in total. The summed E-state index contributed by atoms with van der Waals surface area (Å²) in [6.07, 6.45) is 12.7. The van der Waals surface area contributed by atoms with Crippen molar-refractivity contribution >= 4 is 27.5 Å². The average molecular weight is 386 g/mol. The van der Waals surface area contributed by atoms with Gasteiger partial charge in [0.05, 0.1) is 11.7 Å². The highest BCUT2D eigenvalue weighted by Crippen LogP contribution is 2.35. The zero-order chi connectivity index (χ0) is 18.8. The van der Waals surface area contributed by atoms with E-state index in [9.17, 15) is 9.59 Å². The van der Waals surface area contributed by atoms with E-state index < -0.39 is 0 Å². The molecule has 6 heteroatoms. The Morgan fingerprint density at radius 1 is 1.37 bits per heavy atom. The van der Waals surface area contributed by atoms with Gasteiger partial charge in [0, 0.05) is 11.4 Å². The minimum Gasteiger partial charge on any atom is -0.354 e. The lowest BCUT2D eigenvalue weighted by Gasteiger charge is -2.17. The van der Waals surface area contributed by atoms with Crippen LogP contribution in [-0.2, 0) is 24.2 Å². The quantitative estimate of drug-likeness (QED) is 0.800. The van der Waals surface area contributed by atoms with Crippen molar-refractivity contribution in [1.82, 2.24) is 14.9 Å². The Morgan fingerprint density at radius 3 is 3.07 bits per heavy atom. The molecule has 27 heavy (non-hydrogen) atoms. The Labute approximate surface area is 163 Å². The molecule has 0 saturated heterocycles. The monoisotopic (exact) mass is 385 g/mol. The van der Waals surface area contributed by atoms with Crippen LogP contribution < -0.4 is 10.9 Å². The fourth-order valence-corrected chi connectivity index (χ4v) is 5.52. The van der Waals surface area contributed by atoms with Crippen LogP contribution in [0.1, 0.15) is 55.9 Å². The van der Waals surface area contributed by atoms with Gasteiger partial charge in [-0.05, 0) is 62.8 Å². The van der Waals surface area contributed by atoms with E-state index in [1.807, 2.05) is 0 Å². The first kappa shape index (κ1) is 18.4. The van der Waals surface area contributed by atoms with E-state index in [0.29, 0.717) is 12.5 Å². The number of thiophene rings is 1. The number of allylic oxidation sites excluding steroid dienone is 1. The van der Waals surface area contributed by atoms with Gasteiger partial charge in [0.1, 0.15) is 11.4 Å². The lowest BCUT2D eigenvalue weighted by atomic mass is 9.89. The maximum absolute atomic E-state index is 12.9. The molecule has 0 aliphatic heterocycles. The number of aryl methyl sites for hydroxylation is 1. The third kappa shape index (κ3) is 4.00. The third-order valence-electron chi connectivity index (χ3n) is 5.75. The van der Waals surface area contributed by atoms with Crippen LogP contribution in [0.3, 0.4) is 0 Å². The summed E-state index contributed by atoms with van der Waals surface area (Å²) < 4.78 is 1.46. The van der Waals surface area contributed by atoms with Crippen molar-refractivity contribution in [3.05, 3.63) is 38.8 Å². The van der Waals surface area contributed by atoms with Crippen molar-refractivity contribution < 1.29 is 4.79 Å². The first-order valence-electron chi connectivity index (χ1n) is 10.1. The van der Waals surface area contributed by atoms with E-state index in [1.54, 1.807) is 11.3 Å². The molecule has 1 N–H and O–H groups in total. The molecule has 1 atom stereocenters. The number of nitrogens with zero attached hydrogens (tertiary/aromatic N) is 2. The van der Waals surface area contributed by atoms with Gasteiger partial charge in [0.15, 0.2) is 0 Å². The molecule has 4 rings (SSSR count). The molecule has 2 aromatic heterocycles. The van der Waals surface area contributed by atoms with E-state index in [4.69, 9.17) is 0 Å². The van der Waals surface area contributed by atoms with Gasteiger partial charge >= 0.3 is 0 Å². The molecule has 144 valence electrons. The van der Waals surface area contributed by atoms with Crippen molar-refractivity contribution in [1.29, 1.82) is 0 Å². The molecular weight excluding hydrogens is 358 g/mol. The first-order valence-corrected chi connectivity index (χ1v) is 10.9. The van der Waals surface area contributed by atoms with E-state index >= 15 is 0 Å². The number of amides is 1. The Morgan fingerprint density at radius 2 is 2.26 bits per heavy atom. The zero-order valence-electron chi connectivity index (χ0n) is 15.9. The molecule has 1 amide bonds. The second-order valence-corrected chi connectivity index (χ2v) is 9.00. The number of fused-ring (bicyclic) bond motifs is 3. The van der Waals surface area contributed by atoms with Gasteiger partial charge in [-0.15, -0.1) is 11.3 Å². The number of aromatic nitrogens is 2. The summed E-state index contributed by atoms with van der Waals surface area (Å²) in [5.41, 5.74) is 2.54. The summed E-state index contributed by atoms with van der Waals surface area (Å²) in [4.78, 5) is 31.8. The number of nitrogens with one attached hydrogen (secondary N) is 1. The molecule has 0 fully saturated rings. The lowest BCUT2D eigenvalue weighted by molar-refractivity contribution is -0.121. The Kier molecular flexibility index (Phi) is 5.43. The summed E-state index contributed by atoms with van der Waals surface area (Å²) in [6.45, 7) is 2.94. The van der Waals surface area contributed by atoms with Gasteiger partial charge in [-0.3, -0.25) is 14.2 Å². The van der Waals surface area contributed by atoms with Gasteiger partial charge in [0.2, 0.25) is 5.91 Å². The molecule has 0 aromatic carbocycles. The highest BCUT2D eigenvalue weighted by atomic mass is 32.1. The predicted octanol–water partition coefficient (Wildman–Crippen LogP) is 3.59. The van der Waals surface area contributed by atoms with Crippen molar-refractivity contribution in [3.8, 4) is 0 Å². The van der Waals surface area contributed by atoms with E-state index in [2.05, 4.69) is 23.3 Å². The fraction of sp³-hybridized carbons (Fsp3) is 0.571. The van der Waals surface area contributed by atoms with Gasteiger partial charge < -0.3 is 5.32 Å². The molecule has 0 bridgehead atoms. The number of carbonyl (C=O) groups excluding carboxylic acids is 1. The molecule has 0 radical (unpaired) electrons. The third-order valence-corrected chi connectivity index (χ3v) is 6.91. The first-order chi connectivity index (χ1) is 13.1. The standard InChI is InChI=1S/C21H27N3O2S/c1-14-7-8-16-17(11-14)27-20-19(16)21(26)24(13-23-20)12-18(25)22-10-9-15-5-3-2-4-6-15/h5,13-14H,2-4,6-12H2,1H3,(H,22,25). The van der Waals surface area contributed by atoms with E-state index in [0.717, 1.165) is 48.7 Å². The maximum Gasteiger partial charge on any atom is 0.262 e. The maximum atomic E-state index is 12.9. The molecule has 0 saturated carbocycles. The molecule has 2 aliphatic carbocycles. The predicted molar refractivity (Wildman–Crippen MR) is 109 cm³/mol. The minimum atomic E-state index is -0.118. The van der Waals surface area contributed by atoms with Crippen molar-refractivity contribution in [2.75, 3.05) is 6.54 Å². The SMILES string of the molecule is CC1CCc2c(sc3ncn(CC(=O)NCCC4=CCCCC4)c(=O)c23)C1. The van der Waals surface area contributed by atoms with Gasteiger partial charge in [-0.1, -0.05) is 18.6 Å². The highest BCUT2D eigenvalue weighted by Gasteiger charge is 2.23. The number of rotatable bonds is 5. The summed E-state index contributed by atoms with van der Waals surface area (Å²) in [6, 6.07) is 0. The van der Waals surface area contributed by atoms with Crippen LogP contribution in [0.5, 0.6) is 0 Å². The Balaban J connectivity index is 1.44. The van der Waals surface area contributed by atoms with Crippen LogP contribution in [0, 0.1) is 5.92 Å². The fourth-order valence-electron chi connectivity index (χ4n) is 4.18. The van der Waals surface area contributed by atoms with Crippen LogP contribution in [0.4, 0.5) is 0 Å². The normalized spacial score (nSPS) is 19.6. The number of hydrogen-bond donors (Lipinski definition) is 1. The van der Waals surface area contributed by atoms with E-state index in [1.165, 1.54) is 39.7 Å². The molecule has 2 aromatic rings. The van der Waals surface area contributed by atoms with Crippen LogP contribution in [0.2, 0.25) is 0 Å². The molecule has 2 heterocycles. The lowest BCUT2D eigenvalue weighted by Crippen LogP contribution is -2.33. The average Bonchev–Trinajstić information content (AvgIpc) is 3.03. The largest absolute Gasteiger partial charge is 0.354 e. The molecule has 0 spiro atoms. The Hall–Kier alpha value is -1.95. The number of carbonyl (C=O) groups is 1. The van der Waals surface area contributed by atoms with Crippen molar-refractivity contribution in [2.45, 2.75) is 64.8 Å². The van der Waals surface area contributed by atoms with Gasteiger partial charge in [0.25, 0.3) is 5.56 Å². The molecule has 1 unspecified atom stereocenters. The van der Waals surface area contributed by atoms with Crippen molar-refractivity contribution in [2.24, 2.45) is 5.92 Å². The van der Waals surface area contributed by atoms with Crippen LogP contribution >= 0.6 is 11.3 Å². The zero-order valence-corrected chi connectivity index (χ0v) is 16.7. The van der Waals surface area contributed by atoms with Crippen LogP contribution in [0.15, 0.2) is 22.8 Å². The van der Waals surface area contributed by atoms with Crippen LogP contribution in [0.25, 0.3) is 10.2 Å². The van der Waals surface area contributed by atoms with E-state index in [-0.39, 0.29) is 18.0 Å². The second-order valence-electron chi connectivity index (χ2n) is 7.92. The molecular formula is C21H27N3O2S. The van der Waals surface area contributed by atoms with Gasteiger partial charge in [-0.2, -0.15) is 0 Å². The summed E-state index contributed by atoms with van der Waals surface area (Å²) in [5.74, 6) is 0.547. The highest BCUT2D eigenvalue weighted by molar-refractivity contribution is 7.18. The van der Waals surface area contributed by atoms with Gasteiger partial charge in [-0.25, -0.2) is 4.98 Å². The van der Waals surface area contributed by atoms with Crippen molar-refractivity contribution in [3.63, 3.8) is 0 Å². The smallest absolute Gasteiger partial charge is 0.262 e. The summed E-state index contributed by atoms with van der Waals surface area (Å²) >= 11 is 1.64.